The van der Waals surface area contributed by atoms with Crippen molar-refractivity contribution in [2.75, 3.05) is 34.4 Å². The van der Waals surface area contributed by atoms with Gasteiger partial charge in [0.15, 0.2) is 0 Å². The number of aliphatic hydroxyl groups excluding tert-OH is 1. The lowest BCUT2D eigenvalue weighted by Crippen LogP contribution is -2.64. The summed E-state index contributed by atoms with van der Waals surface area (Å²) in [4.78, 5) is 58.6. The molecule has 2 bridgehead atoms. The van der Waals surface area contributed by atoms with Crippen LogP contribution in [0.15, 0.2) is 47.6 Å². The van der Waals surface area contributed by atoms with E-state index in [2.05, 4.69) is 24.4 Å². The van der Waals surface area contributed by atoms with Gasteiger partial charge in [0.1, 0.15) is 41.6 Å². The number of allylic oxidation sites excluding steroid dienone is 3. The molecule has 5 rings (SSSR count). The number of benzene rings is 1. The third kappa shape index (κ3) is 13.5. The molecule has 1 amide bonds. The van der Waals surface area contributed by atoms with Gasteiger partial charge in [-0.25, -0.2) is 4.79 Å². The van der Waals surface area contributed by atoms with Crippen molar-refractivity contribution in [3.8, 4) is 11.5 Å². The summed E-state index contributed by atoms with van der Waals surface area (Å²) in [5, 5.41) is 25.8. The zero-order valence-electron chi connectivity index (χ0n) is 41.3. The van der Waals surface area contributed by atoms with Crippen LogP contribution in [0.3, 0.4) is 0 Å². The summed E-state index contributed by atoms with van der Waals surface area (Å²) in [6, 6.07) is 6.39. The molecule has 1 saturated carbocycles. The van der Waals surface area contributed by atoms with Gasteiger partial charge in [0.25, 0.3) is 11.7 Å². The Morgan fingerprint density at radius 1 is 0.939 bits per heavy atom. The normalized spacial score (nSPS) is 36.3. The predicted octanol–water partition coefficient (Wildman–Crippen LogP) is 6.92. The summed E-state index contributed by atoms with van der Waals surface area (Å²) in [6.07, 6.45) is 7.34. The number of methoxy groups -OCH3 is 3. The first-order valence-corrected chi connectivity index (χ1v) is 24.5. The van der Waals surface area contributed by atoms with Crippen LogP contribution in [-0.4, -0.2) is 127 Å². The molecule has 1 aromatic rings. The molecule has 0 spiro atoms. The van der Waals surface area contributed by atoms with Crippen LogP contribution >= 0.6 is 0 Å². The number of hydrogen-bond donors (Lipinski definition) is 3. The number of esters is 1. The van der Waals surface area contributed by atoms with Gasteiger partial charge in [0, 0.05) is 51.6 Å². The van der Waals surface area contributed by atoms with Crippen LogP contribution in [0.25, 0.3) is 0 Å². The minimum absolute atomic E-state index is 0.0118. The lowest BCUT2D eigenvalue weighted by molar-refractivity contribution is -0.302. The van der Waals surface area contributed by atoms with Crippen LogP contribution in [0.5, 0.6) is 11.5 Å². The number of carbonyl (C=O) groups is 4. The Morgan fingerprint density at radius 2 is 1.62 bits per heavy atom. The Labute approximate surface area is 393 Å². The second-order valence-corrected chi connectivity index (χ2v) is 19.9. The number of fused-ring (bicyclic) bond motifs is 3. The number of carbonyl (C=O) groups excluding carboxylic acids is 4. The summed E-state index contributed by atoms with van der Waals surface area (Å²) < 4.78 is 36.6. The van der Waals surface area contributed by atoms with Gasteiger partial charge in [-0.05, 0) is 139 Å². The number of hydrogen-bond acceptors (Lipinski definition) is 13. The van der Waals surface area contributed by atoms with Crippen molar-refractivity contribution < 1.29 is 57.8 Å². The molecule has 3 heterocycles. The van der Waals surface area contributed by atoms with E-state index in [0.717, 1.165) is 29.7 Å². The fourth-order valence-electron chi connectivity index (χ4n) is 10.7. The van der Waals surface area contributed by atoms with Crippen LogP contribution in [0, 0.1) is 29.6 Å². The molecular formula is C52H80N2O12. The minimum Gasteiger partial charge on any atom is -0.497 e. The van der Waals surface area contributed by atoms with Crippen LogP contribution in [0.1, 0.15) is 126 Å². The van der Waals surface area contributed by atoms with Gasteiger partial charge in [-0.2, -0.15) is 0 Å². The molecule has 1 aliphatic carbocycles. The van der Waals surface area contributed by atoms with Crippen molar-refractivity contribution in [1.29, 1.82) is 0 Å². The quantitative estimate of drug-likeness (QED) is 0.118. The molecule has 14 nitrogen and oxygen atoms in total. The number of amides is 1. The standard InChI is InChI=1S/C52H80N2O12/c1-11-38-25-31(2)24-32(3)26-45(62-9)48-46(63-10)28-35(6)52(60,66-48)49(57)50(58)54-23-13-12-14-42(54)51(59)65-47(33(4)15-22-43(38)56)34(5)27-37-16-21-41(53-30-36(7)55)44(29-37)64-40-19-17-39(61-8)18-20-40/h17-20,25,27,32-33,35-38,41-42,44-48,53,55,60H,11-16,21-24,26,28-30H2,1-10H3/b31-25+,34-27?/t32?,33?,35?,36-,37?,38?,41?,42?,44?,45?,46?,47?,48?,52?/m0/s1. The molecule has 3 N–H and O–H groups in total. The van der Waals surface area contributed by atoms with Crippen molar-refractivity contribution >= 4 is 23.4 Å². The van der Waals surface area contributed by atoms with Crippen LogP contribution in [0.2, 0.25) is 0 Å². The van der Waals surface area contributed by atoms with Gasteiger partial charge >= 0.3 is 5.97 Å². The largest absolute Gasteiger partial charge is 0.497 e. The van der Waals surface area contributed by atoms with Crippen molar-refractivity contribution in [3.63, 3.8) is 0 Å². The number of ether oxygens (including phenoxy) is 6. The summed E-state index contributed by atoms with van der Waals surface area (Å²) >= 11 is 0. The summed E-state index contributed by atoms with van der Waals surface area (Å²) in [5.74, 6) is -4.92. The molecule has 14 heteroatoms. The van der Waals surface area contributed by atoms with E-state index in [1.165, 1.54) is 4.90 Å². The molecule has 370 valence electrons. The summed E-state index contributed by atoms with van der Waals surface area (Å²) in [7, 11) is 4.73. The van der Waals surface area contributed by atoms with Gasteiger partial charge < -0.3 is 48.9 Å². The molecule has 14 atom stereocenters. The molecule has 0 radical (unpaired) electrons. The molecule has 66 heavy (non-hydrogen) atoms. The van der Waals surface area contributed by atoms with Crippen LogP contribution in [0.4, 0.5) is 0 Å². The molecular weight excluding hydrogens is 845 g/mol. The fraction of sp³-hybridized carbons (Fsp3) is 0.731. The molecule has 4 aliphatic rings. The van der Waals surface area contributed by atoms with Crippen molar-refractivity contribution in [3.05, 3.63) is 47.6 Å². The van der Waals surface area contributed by atoms with Gasteiger partial charge in [-0.1, -0.05) is 45.4 Å². The van der Waals surface area contributed by atoms with Crippen molar-refractivity contribution in [1.82, 2.24) is 10.2 Å². The highest BCUT2D eigenvalue weighted by Gasteiger charge is 2.56. The number of Topliss-reactive ketones (excluding diaryl/α,β-unsaturated/α-hetero) is 2. The monoisotopic (exact) mass is 925 g/mol. The smallest absolute Gasteiger partial charge is 0.329 e. The van der Waals surface area contributed by atoms with E-state index in [-0.39, 0.29) is 61.0 Å². The average Bonchev–Trinajstić information content (AvgIpc) is 3.30. The SMILES string of the molecule is CCC1/C=C(\C)CC(C)CC(OC)C2OC(O)(C(=O)C(=O)N3CCCCC3C(=O)OC(C(C)=CC3CCC(NC[C@H](C)O)C(Oc4ccc(OC)cc4)C3)C(C)CCC1=O)C(C)CC2OC. The number of aliphatic hydroxyl groups is 2. The van der Waals surface area contributed by atoms with Gasteiger partial charge in [0.2, 0.25) is 5.79 Å². The maximum absolute atomic E-state index is 14.6. The predicted molar refractivity (Wildman–Crippen MR) is 251 cm³/mol. The zero-order chi connectivity index (χ0) is 48.3. The first-order valence-electron chi connectivity index (χ1n) is 24.5. The summed E-state index contributed by atoms with van der Waals surface area (Å²) in [5.41, 5.74) is 1.90. The van der Waals surface area contributed by atoms with Gasteiger partial charge in [-0.3, -0.25) is 14.4 Å². The second-order valence-electron chi connectivity index (χ2n) is 19.9. The van der Waals surface area contributed by atoms with E-state index in [9.17, 15) is 29.4 Å². The van der Waals surface area contributed by atoms with Crippen molar-refractivity contribution in [2.45, 2.75) is 180 Å². The molecule has 0 aromatic heterocycles. The van der Waals surface area contributed by atoms with Crippen LogP contribution in [-0.2, 0) is 38.1 Å². The maximum Gasteiger partial charge on any atom is 0.329 e. The van der Waals surface area contributed by atoms with E-state index >= 15 is 0 Å². The fourth-order valence-corrected chi connectivity index (χ4v) is 10.7. The Balaban J connectivity index is 1.48. The Bertz CT molecular complexity index is 1830. The molecule has 1 aromatic carbocycles. The zero-order valence-corrected chi connectivity index (χ0v) is 41.3. The van der Waals surface area contributed by atoms with Gasteiger partial charge in [-0.15, -0.1) is 0 Å². The summed E-state index contributed by atoms with van der Waals surface area (Å²) in [6.45, 7) is 14.1. The molecule has 3 fully saturated rings. The number of nitrogens with one attached hydrogen (secondary N) is 1. The van der Waals surface area contributed by atoms with Crippen LogP contribution < -0.4 is 14.8 Å². The Hall–Kier alpha value is -3.66. The third-order valence-electron chi connectivity index (χ3n) is 14.5. The highest BCUT2D eigenvalue weighted by molar-refractivity contribution is 6.39. The molecule has 2 saturated heterocycles. The highest BCUT2D eigenvalue weighted by atomic mass is 16.7. The number of ketones is 2. The molecule has 3 aliphatic heterocycles. The second kappa shape index (κ2) is 24.6. The minimum atomic E-state index is -2.48. The Morgan fingerprint density at radius 3 is 2.27 bits per heavy atom. The van der Waals surface area contributed by atoms with E-state index in [4.69, 9.17) is 28.4 Å². The molecule has 13 unspecified atom stereocenters. The maximum atomic E-state index is 14.6. The third-order valence-corrected chi connectivity index (χ3v) is 14.5. The number of piperidine rings is 1. The topological polar surface area (TPSA) is 179 Å². The van der Waals surface area contributed by atoms with E-state index in [1.807, 2.05) is 52.0 Å². The Kier molecular flexibility index (Phi) is 19.8. The van der Waals surface area contributed by atoms with Gasteiger partial charge in [0.05, 0.1) is 25.4 Å². The number of rotatable bonds is 11. The van der Waals surface area contributed by atoms with E-state index in [1.54, 1.807) is 35.2 Å². The number of cyclic esters (lactones) is 1. The first-order chi connectivity index (χ1) is 31.4. The van der Waals surface area contributed by atoms with Crippen molar-refractivity contribution in [2.24, 2.45) is 29.6 Å². The van der Waals surface area contributed by atoms with E-state index in [0.29, 0.717) is 63.7 Å². The lowest BCUT2D eigenvalue weighted by Gasteiger charge is -2.47. The van der Waals surface area contributed by atoms with E-state index < -0.39 is 65.9 Å². The average molecular weight is 925 g/mol. The first kappa shape index (κ1) is 53.3. The highest BCUT2D eigenvalue weighted by Crippen LogP contribution is 2.39. The number of nitrogens with zero attached hydrogens (tertiary/aromatic N) is 1. The lowest BCUT2D eigenvalue weighted by atomic mass is 9.81.